The summed E-state index contributed by atoms with van der Waals surface area (Å²) in [6.45, 7) is 10.9. The Kier molecular flexibility index (Phi) is 8.18. The second-order valence-electron chi connectivity index (χ2n) is 8.04. The van der Waals surface area contributed by atoms with Gasteiger partial charge in [0.05, 0.1) is 10.2 Å². The molecule has 1 aromatic heterocycles. The molecular weight excluding hydrogens is 539 g/mol. The van der Waals surface area contributed by atoms with Gasteiger partial charge in [-0.1, -0.05) is 24.0 Å². The molecule has 7 nitrogen and oxygen atoms in total. The van der Waals surface area contributed by atoms with Crippen molar-refractivity contribution in [2.24, 2.45) is 10.9 Å². The molecule has 2 heterocycles. The zero-order valence-corrected chi connectivity index (χ0v) is 21.4. The minimum atomic E-state index is -0.653. The Morgan fingerprint density at radius 1 is 1.41 bits per heavy atom. The number of carbonyl (C=O) groups is 2. The second kappa shape index (κ2) is 10.7. The third-order valence-electron chi connectivity index (χ3n) is 5.39. The molecule has 1 amide bonds. The van der Waals surface area contributed by atoms with Crippen molar-refractivity contribution in [2.75, 3.05) is 23.3 Å². The van der Waals surface area contributed by atoms with Gasteiger partial charge in [-0.15, -0.1) is 0 Å². The van der Waals surface area contributed by atoms with Crippen LogP contribution in [0.3, 0.4) is 0 Å². The summed E-state index contributed by atoms with van der Waals surface area (Å²) in [6, 6.07) is 3.92. The SMILES string of the molecule is C=C/C=C(\N=CC)C(=O)Nc1cc2sc(N3CCC(C=O)CC3)nc2cc1C(C)(C)OI. The van der Waals surface area contributed by atoms with Gasteiger partial charge < -0.3 is 18.1 Å². The highest BCUT2D eigenvalue weighted by Gasteiger charge is 2.28. The molecule has 0 unspecified atom stereocenters. The number of aliphatic imine (C=N–C) groups is 1. The number of fused-ring (bicyclic) bond motifs is 1. The van der Waals surface area contributed by atoms with Gasteiger partial charge >= 0.3 is 0 Å². The fourth-order valence-corrected chi connectivity index (χ4v) is 4.86. The minimum absolute atomic E-state index is 0.138. The van der Waals surface area contributed by atoms with E-state index in [-0.39, 0.29) is 17.5 Å². The lowest BCUT2D eigenvalue weighted by Crippen LogP contribution is -2.33. The van der Waals surface area contributed by atoms with E-state index >= 15 is 0 Å². The van der Waals surface area contributed by atoms with Crippen molar-refractivity contribution in [1.29, 1.82) is 0 Å². The number of piperidine rings is 1. The molecule has 1 aliphatic heterocycles. The molecule has 2 aromatic rings. The lowest BCUT2D eigenvalue weighted by molar-refractivity contribution is -0.113. The second-order valence-corrected chi connectivity index (χ2v) is 9.49. The molecule has 0 bridgehead atoms. The first kappa shape index (κ1) is 24.5. The largest absolute Gasteiger partial charge is 0.348 e. The van der Waals surface area contributed by atoms with Crippen LogP contribution >= 0.6 is 34.3 Å². The fourth-order valence-electron chi connectivity index (χ4n) is 3.58. The predicted molar refractivity (Wildman–Crippen MR) is 140 cm³/mol. The van der Waals surface area contributed by atoms with E-state index in [4.69, 9.17) is 8.05 Å². The number of anilines is 2. The number of allylic oxidation sites excluding steroid dienone is 2. The monoisotopic (exact) mass is 566 g/mol. The average molecular weight is 566 g/mol. The van der Waals surface area contributed by atoms with Gasteiger partial charge in [0.1, 0.15) is 40.6 Å². The number of aromatic nitrogens is 1. The smallest absolute Gasteiger partial charge is 0.274 e. The fraction of sp³-hybridized carbons (Fsp3) is 0.391. The van der Waals surface area contributed by atoms with E-state index in [0.717, 1.165) is 53.1 Å². The van der Waals surface area contributed by atoms with Crippen molar-refractivity contribution in [3.63, 3.8) is 0 Å². The summed E-state index contributed by atoms with van der Waals surface area (Å²) in [5.74, 6) is -0.187. The predicted octanol–water partition coefficient (Wildman–Crippen LogP) is 5.41. The zero-order chi connectivity index (χ0) is 23.3. The Hall–Kier alpha value is -2.11. The van der Waals surface area contributed by atoms with Gasteiger partial charge in [-0.3, -0.25) is 9.79 Å². The Morgan fingerprint density at radius 2 is 2.12 bits per heavy atom. The number of nitrogens with one attached hydrogen (secondary N) is 1. The number of thiazole rings is 1. The lowest BCUT2D eigenvalue weighted by atomic mass is 9.96. The van der Waals surface area contributed by atoms with Crippen LogP contribution in [0, 0.1) is 5.92 Å². The van der Waals surface area contributed by atoms with Gasteiger partial charge in [0.15, 0.2) is 5.13 Å². The van der Waals surface area contributed by atoms with Crippen molar-refractivity contribution >= 4 is 73.8 Å². The summed E-state index contributed by atoms with van der Waals surface area (Å²) < 4.78 is 6.65. The van der Waals surface area contributed by atoms with E-state index in [1.807, 2.05) is 49.0 Å². The molecule has 1 aromatic carbocycles. The van der Waals surface area contributed by atoms with E-state index in [0.29, 0.717) is 5.69 Å². The molecule has 1 saturated heterocycles. The highest BCUT2D eigenvalue weighted by Crippen LogP contribution is 2.39. The topological polar surface area (TPSA) is 83.9 Å². The number of hydrogen-bond donors (Lipinski definition) is 1. The molecule has 0 aliphatic carbocycles. The van der Waals surface area contributed by atoms with Gasteiger partial charge in [-0.2, -0.15) is 0 Å². The maximum Gasteiger partial charge on any atom is 0.274 e. The Labute approximate surface area is 206 Å². The highest BCUT2D eigenvalue weighted by molar-refractivity contribution is 14.1. The van der Waals surface area contributed by atoms with Crippen molar-refractivity contribution in [1.82, 2.24) is 4.98 Å². The number of nitrogens with zero attached hydrogens (tertiary/aromatic N) is 3. The van der Waals surface area contributed by atoms with E-state index in [9.17, 15) is 9.59 Å². The molecule has 3 rings (SSSR count). The first-order chi connectivity index (χ1) is 15.3. The van der Waals surface area contributed by atoms with Crippen LogP contribution in [0.15, 0.2) is 41.6 Å². The molecule has 0 saturated carbocycles. The maximum atomic E-state index is 12.9. The summed E-state index contributed by atoms with van der Waals surface area (Å²) in [5, 5.41) is 3.92. The van der Waals surface area contributed by atoms with Crippen LogP contribution in [-0.4, -0.2) is 36.5 Å². The summed E-state index contributed by atoms with van der Waals surface area (Å²) in [7, 11) is 0. The standard InChI is InChI=1S/C23H27IN4O3S/c1-5-7-17(25-6-2)21(30)26-18-13-20-19(12-16(18)23(3,4)31-24)27-22(32-20)28-10-8-15(14-29)9-11-28/h5-7,12-15H,1,8-11H2,2-4H3,(H,26,30)/b17-7-,25-6?. The molecule has 0 spiro atoms. The van der Waals surface area contributed by atoms with Crippen LogP contribution in [0.5, 0.6) is 0 Å². The number of benzene rings is 1. The summed E-state index contributed by atoms with van der Waals surface area (Å²) in [5.41, 5.74) is 1.94. The van der Waals surface area contributed by atoms with Crippen LogP contribution in [-0.2, 0) is 18.3 Å². The maximum absolute atomic E-state index is 12.9. The quantitative estimate of drug-likeness (QED) is 0.152. The van der Waals surface area contributed by atoms with Crippen LogP contribution < -0.4 is 10.2 Å². The number of hydrogen-bond acceptors (Lipinski definition) is 7. The third-order valence-corrected chi connectivity index (χ3v) is 7.57. The number of aldehydes is 1. The van der Waals surface area contributed by atoms with Gasteiger partial charge in [0.25, 0.3) is 5.91 Å². The number of rotatable bonds is 8. The Morgan fingerprint density at radius 3 is 2.72 bits per heavy atom. The molecular formula is C23H27IN4O3S. The molecule has 0 atom stereocenters. The molecule has 32 heavy (non-hydrogen) atoms. The minimum Gasteiger partial charge on any atom is -0.348 e. The van der Waals surface area contributed by atoms with Crippen LogP contribution in [0.25, 0.3) is 10.2 Å². The van der Waals surface area contributed by atoms with Gasteiger partial charge in [-0.25, -0.2) is 4.98 Å². The molecule has 1 fully saturated rings. The van der Waals surface area contributed by atoms with Crippen molar-refractivity contribution in [2.45, 2.75) is 39.2 Å². The number of amides is 1. The number of carbonyl (C=O) groups excluding carboxylic acids is 2. The Bertz CT molecular complexity index is 1070. The zero-order valence-electron chi connectivity index (χ0n) is 18.4. The molecule has 1 aliphatic rings. The van der Waals surface area contributed by atoms with Crippen LogP contribution in [0.2, 0.25) is 0 Å². The summed E-state index contributed by atoms with van der Waals surface area (Å²) in [6.07, 6.45) is 7.42. The first-order valence-corrected chi connectivity index (χ1v) is 12.1. The van der Waals surface area contributed by atoms with E-state index < -0.39 is 5.60 Å². The highest BCUT2D eigenvalue weighted by atomic mass is 127. The summed E-state index contributed by atoms with van der Waals surface area (Å²) in [4.78, 5) is 35.2. The molecule has 0 radical (unpaired) electrons. The molecule has 170 valence electrons. The van der Waals surface area contributed by atoms with Crippen LogP contribution in [0.4, 0.5) is 10.8 Å². The van der Waals surface area contributed by atoms with Gasteiger partial charge in [0, 0.05) is 36.5 Å². The van der Waals surface area contributed by atoms with Crippen molar-refractivity contribution in [3.8, 4) is 0 Å². The normalized spacial score (nSPS) is 16.0. The Balaban J connectivity index is 2.00. The molecule has 9 heteroatoms. The molecule has 1 N–H and O–H groups in total. The van der Waals surface area contributed by atoms with Gasteiger partial charge in [0.2, 0.25) is 0 Å². The third kappa shape index (κ3) is 5.44. The van der Waals surface area contributed by atoms with Gasteiger partial charge in [-0.05, 0) is 51.8 Å². The van der Waals surface area contributed by atoms with E-state index in [1.165, 1.54) is 6.08 Å². The van der Waals surface area contributed by atoms with E-state index in [1.54, 1.807) is 30.6 Å². The average Bonchev–Trinajstić information content (AvgIpc) is 3.21. The van der Waals surface area contributed by atoms with Crippen LogP contribution in [0.1, 0.15) is 39.2 Å². The number of halogens is 1. The first-order valence-electron chi connectivity index (χ1n) is 10.4. The van der Waals surface area contributed by atoms with Crippen molar-refractivity contribution < 1.29 is 12.7 Å². The lowest BCUT2D eigenvalue weighted by Gasteiger charge is -2.29. The van der Waals surface area contributed by atoms with E-state index in [2.05, 4.69) is 21.8 Å². The summed E-state index contributed by atoms with van der Waals surface area (Å²) >= 11 is 3.46. The van der Waals surface area contributed by atoms with Crippen molar-refractivity contribution in [3.05, 3.63) is 42.1 Å².